The highest BCUT2D eigenvalue weighted by Gasteiger charge is 2.18. The fraction of sp³-hybridized carbons (Fsp3) is 0.500. The molecule has 1 saturated carbocycles. The van der Waals surface area contributed by atoms with Gasteiger partial charge in [0.1, 0.15) is 6.07 Å². The first kappa shape index (κ1) is 12.4. The van der Waals surface area contributed by atoms with E-state index in [4.69, 9.17) is 0 Å². The van der Waals surface area contributed by atoms with Crippen LogP contribution >= 0.6 is 15.9 Å². The second kappa shape index (κ2) is 5.55. The van der Waals surface area contributed by atoms with Gasteiger partial charge in [0.15, 0.2) is 0 Å². The summed E-state index contributed by atoms with van der Waals surface area (Å²) in [5.74, 6) is 0.797. The maximum atomic E-state index is 9.20. The molecule has 0 bridgehead atoms. The molecule has 0 N–H and O–H groups in total. The molecule has 1 aliphatic carbocycles. The minimum Gasteiger partial charge on any atom is -0.373 e. The number of hydrogen-bond acceptors (Lipinski definition) is 2. The summed E-state index contributed by atoms with van der Waals surface area (Å²) in [6.07, 6.45) is 5.39. The molecule has 1 aromatic rings. The number of nitriles is 1. The molecule has 0 aliphatic heterocycles. The van der Waals surface area contributed by atoms with Crippen molar-refractivity contribution in [1.82, 2.24) is 0 Å². The van der Waals surface area contributed by atoms with E-state index in [-0.39, 0.29) is 0 Å². The maximum absolute atomic E-state index is 9.20. The van der Waals surface area contributed by atoms with Crippen molar-refractivity contribution < 1.29 is 0 Å². The van der Waals surface area contributed by atoms with E-state index in [9.17, 15) is 5.26 Å². The Labute approximate surface area is 111 Å². The summed E-state index contributed by atoms with van der Waals surface area (Å²) in [5.41, 5.74) is 1.78. The molecule has 1 aliphatic rings. The Balaban J connectivity index is 2.15. The van der Waals surface area contributed by atoms with E-state index in [0.717, 1.165) is 28.2 Å². The average Bonchev–Trinajstić information content (AvgIpc) is 2.81. The zero-order valence-electron chi connectivity index (χ0n) is 10.1. The quantitative estimate of drug-likeness (QED) is 0.843. The largest absolute Gasteiger partial charge is 0.373 e. The Morgan fingerprint density at radius 1 is 1.41 bits per heavy atom. The van der Waals surface area contributed by atoms with Crippen LogP contribution in [0.25, 0.3) is 0 Å². The molecule has 17 heavy (non-hydrogen) atoms. The normalized spacial score (nSPS) is 15.8. The minimum atomic E-state index is 0.744. The molecule has 0 radical (unpaired) electrons. The summed E-state index contributed by atoms with van der Waals surface area (Å²) < 4.78 is 0.885. The van der Waals surface area contributed by atoms with Gasteiger partial charge in [-0.3, -0.25) is 0 Å². The van der Waals surface area contributed by atoms with Gasteiger partial charge in [0, 0.05) is 18.1 Å². The van der Waals surface area contributed by atoms with Crippen LogP contribution < -0.4 is 4.90 Å². The first-order chi connectivity index (χ1) is 8.22. The van der Waals surface area contributed by atoms with Gasteiger partial charge < -0.3 is 4.90 Å². The van der Waals surface area contributed by atoms with Crippen molar-refractivity contribution in [2.75, 3.05) is 18.5 Å². The van der Waals surface area contributed by atoms with E-state index in [2.05, 4.69) is 33.9 Å². The minimum absolute atomic E-state index is 0.744. The van der Waals surface area contributed by atoms with Gasteiger partial charge in [-0.15, -0.1) is 0 Å². The van der Waals surface area contributed by atoms with E-state index in [1.807, 2.05) is 18.2 Å². The molecule has 0 aromatic heterocycles. The Kier molecular flexibility index (Phi) is 4.06. The molecular formula is C14H17BrN2. The van der Waals surface area contributed by atoms with Crippen molar-refractivity contribution in [1.29, 1.82) is 5.26 Å². The lowest BCUT2D eigenvalue weighted by Crippen LogP contribution is -2.24. The number of benzene rings is 1. The van der Waals surface area contributed by atoms with Gasteiger partial charge >= 0.3 is 0 Å². The average molecular weight is 293 g/mol. The van der Waals surface area contributed by atoms with Crippen molar-refractivity contribution in [2.45, 2.75) is 25.7 Å². The van der Waals surface area contributed by atoms with Gasteiger partial charge in [-0.05, 0) is 46.8 Å². The summed E-state index contributed by atoms with van der Waals surface area (Å²) in [6, 6.07) is 8.22. The van der Waals surface area contributed by atoms with Gasteiger partial charge in [0.05, 0.1) is 11.3 Å². The zero-order valence-corrected chi connectivity index (χ0v) is 11.7. The topological polar surface area (TPSA) is 27.0 Å². The molecule has 0 spiro atoms. The van der Waals surface area contributed by atoms with Crippen LogP contribution in [0.15, 0.2) is 22.7 Å². The van der Waals surface area contributed by atoms with Crippen molar-refractivity contribution >= 4 is 21.6 Å². The first-order valence-electron chi connectivity index (χ1n) is 6.12. The lowest BCUT2D eigenvalue weighted by Gasteiger charge is -2.24. The fourth-order valence-corrected chi connectivity index (χ4v) is 3.06. The maximum Gasteiger partial charge on any atom is 0.103 e. The smallest absolute Gasteiger partial charge is 0.103 e. The molecule has 1 aromatic carbocycles. The highest BCUT2D eigenvalue weighted by molar-refractivity contribution is 9.10. The summed E-state index contributed by atoms with van der Waals surface area (Å²) >= 11 is 3.44. The summed E-state index contributed by atoms with van der Waals surface area (Å²) in [6.45, 7) is 1.06. The third-order valence-corrected chi connectivity index (χ3v) is 4.18. The van der Waals surface area contributed by atoms with Crippen LogP contribution in [0, 0.1) is 17.2 Å². The molecule has 0 amide bonds. The molecule has 0 unspecified atom stereocenters. The van der Waals surface area contributed by atoms with Crippen molar-refractivity contribution in [3.05, 3.63) is 28.2 Å². The molecule has 90 valence electrons. The molecular weight excluding hydrogens is 276 g/mol. The second-order valence-electron chi connectivity index (χ2n) is 4.78. The van der Waals surface area contributed by atoms with Crippen LogP contribution in [0.2, 0.25) is 0 Å². The van der Waals surface area contributed by atoms with E-state index in [1.165, 1.54) is 25.7 Å². The Hall–Kier alpha value is -1.01. The molecule has 0 saturated heterocycles. The second-order valence-corrected chi connectivity index (χ2v) is 5.63. The van der Waals surface area contributed by atoms with Crippen LogP contribution in [-0.2, 0) is 0 Å². The highest BCUT2D eigenvalue weighted by atomic mass is 79.9. The third kappa shape index (κ3) is 2.81. The first-order valence-corrected chi connectivity index (χ1v) is 6.91. The summed E-state index contributed by atoms with van der Waals surface area (Å²) in [4.78, 5) is 2.22. The molecule has 0 atom stereocenters. The van der Waals surface area contributed by atoms with Gasteiger partial charge in [-0.1, -0.05) is 18.9 Å². The molecule has 2 nitrogen and oxygen atoms in total. The lowest BCUT2D eigenvalue weighted by atomic mass is 10.1. The molecule has 1 fully saturated rings. The predicted octanol–water partition coefficient (Wildman–Crippen LogP) is 3.95. The van der Waals surface area contributed by atoms with E-state index in [1.54, 1.807) is 0 Å². The monoisotopic (exact) mass is 292 g/mol. The van der Waals surface area contributed by atoms with Crippen LogP contribution in [0.3, 0.4) is 0 Å². The summed E-state index contributed by atoms with van der Waals surface area (Å²) in [7, 11) is 2.08. The highest BCUT2D eigenvalue weighted by Crippen LogP contribution is 2.30. The van der Waals surface area contributed by atoms with Gasteiger partial charge in [0.2, 0.25) is 0 Å². The Bertz CT molecular complexity index is 430. The van der Waals surface area contributed by atoms with E-state index >= 15 is 0 Å². The van der Waals surface area contributed by atoms with E-state index in [0.29, 0.717) is 0 Å². The van der Waals surface area contributed by atoms with Crippen molar-refractivity contribution in [2.24, 2.45) is 5.92 Å². The number of hydrogen-bond donors (Lipinski definition) is 0. The van der Waals surface area contributed by atoms with Gasteiger partial charge in [-0.2, -0.15) is 5.26 Å². The van der Waals surface area contributed by atoms with Crippen LogP contribution in [-0.4, -0.2) is 13.6 Å². The van der Waals surface area contributed by atoms with Crippen molar-refractivity contribution in [3.63, 3.8) is 0 Å². The number of nitrogens with zero attached hydrogens (tertiary/aromatic N) is 2. The van der Waals surface area contributed by atoms with Crippen molar-refractivity contribution in [3.8, 4) is 6.07 Å². The van der Waals surface area contributed by atoms with Gasteiger partial charge in [0.25, 0.3) is 0 Å². The van der Waals surface area contributed by atoms with Crippen LogP contribution in [0.1, 0.15) is 31.2 Å². The summed E-state index contributed by atoms with van der Waals surface area (Å²) in [5, 5.41) is 9.20. The lowest BCUT2D eigenvalue weighted by molar-refractivity contribution is 0.547. The van der Waals surface area contributed by atoms with Gasteiger partial charge in [-0.25, -0.2) is 0 Å². The SMILES string of the molecule is CN(CC1CCCC1)c1cccc(Br)c1C#N. The Morgan fingerprint density at radius 3 is 2.76 bits per heavy atom. The molecule has 3 heteroatoms. The predicted molar refractivity (Wildman–Crippen MR) is 74.1 cm³/mol. The number of halogens is 1. The fourth-order valence-electron chi connectivity index (χ4n) is 2.62. The van der Waals surface area contributed by atoms with E-state index < -0.39 is 0 Å². The standard InChI is InChI=1S/C14H17BrN2/c1-17(10-11-5-2-3-6-11)14-8-4-7-13(15)12(14)9-16/h4,7-8,11H,2-3,5-6,10H2,1H3. The van der Waals surface area contributed by atoms with Crippen LogP contribution in [0.5, 0.6) is 0 Å². The Morgan fingerprint density at radius 2 is 2.12 bits per heavy atom. The molecule has 2 rings (SSSR count). The zero-order chi connectivity index (χ0) is 12.3. The molecule has 0 heterocycles. The number of anilines is 1. The third-order valence-electron chi connectivity index (χ3n) is 3.52. The van der Waals surface area contributed by atoms with Crippen LogP contribution in [0.4, 0.5) is 5.69 Å². The number of rotatable bonds is 3.